The summed E-state index contributed by atoms with van der Waals surface area (Å²) in [7, 11) is 1.54. The molecule has 0 bridgehead atoms. The number of amides is 2. The van der Waals surface area contributed by atoms with Gasteiger partial charge in [-0.25, -0.2) is 0 Å². The summed E-state index contributed by atoms with van der Waals surface area (Å²) in [5.74, 6) is -0.655. The fourth-order valence-electron chi connectivity index (χ4n) is 2.93. The number of hydrogen-bond acceptors (Lipinski definition) is 5. The molecule has 0 aliphatic rings. The molecule has 0 saturated carbocycles. The van der Waals surface area contributed by atoms with Crippen LogP contribution in [0.5, 0.6) is 0 Å². The minimum Gasteiger partial charge on any atom is -0.467 e. The van der Waals surface area contributed by atoms with Gasteiger partial charge in [-0.05, 0) is 36.8 Å². The molecule has 1 aromatic heterocycles. The van der Waals surface area contributed by atoms with Gasteiger partial charge < -0.3 is 19.4 Å². The number of furan rings is 1. The largest absolute Gasteiger partial charge is 0.467 e. The molecule has 0 aliphatic heterocycles. The third-order valence-electron chi connectivity index (χ3n) is 4.71. The summed E-state index contributed by atoms with van der Waals surface area (Å²) in [4.78, 5) is 38.5. The van der Waals surface area contributed by atoms with Crippen molar-refractivity contribution in [3.63, 3.8) is 0 Å². The smallest absolute Gasteiger partial charge is 0.310 e. The van der Waals surface area contributed by atoms with Crippen LogP contribution in [0.2, 0.25) is 0 Å². The Hall–Kier alpha value is -3.87. The zero-order valence-corrected chi connectivity index (χ0v) is 17.5. The average molecular weight is 420 g/mol. The van der Waals surface area contributed by atoms with Crippen molar-refractivity contribution < 1.29 is 23.5 Å². The first-order valence-electron chi connectivity index (χ1n) is 9.81. The Morgan fingerprint density at radius 2 is 1.74 bits per heavy atom. The molecule has 0 aliphatic carbocycles. The fraction of sp³-hybridized carbons (Fsp3) is 0.208. The molecule has 0 fully saturated rings. The number of rotatable bonds is 8. The Kier molecular flexibility index (Phi) is 7.22. The van der Waals surface area contributed by atoms with E-state index in [4.69, 9.17) is 9.15 Å². The average Bonchev–Trinajstić information content (AvgIpc) is 3.30. The van der Waals surface area contributed by atoms with Gasteiger partial charge in [0.05, 0.1) is 30.5 Å². The molecule has 3 aromatic rings. The van der Waals surface area contributed by atoms with Crippen LogP contribution < -0.4 is 10.2 Å². The highest BCUT2D eigenvalue weighted by molar-refractivity contribution is 6.05. The normalized spacial score (nSPS) is 10.4. The van der Waals surface area contributed by atoms with E-state index in [-0.39, 0.29) is 18.9 Å². The maximum atomic E-state index is 12.6. The third-order valence-corrected chi connectivity index (χ3v) is 4.71. The molecule has 2 aromatic carbocycles. The predicted octanol–water partition coefficient (Wildman–Crippen LogP) is 3.27. The zero-order chi connectivity index (χ0) is 22.2. The van der Waals surface area contributed by atoms with E-state index in [1.165, 1.54) is 18.2 Å². The van der Waals surface area contributed by atoms with Gasteiger partial charge in [0.1, 0.15) is 5.76 Å². The molecule has 0 unspecified atom stereocenters. The summed E-state index contributed by atoms with van der Waals surface area (Å²) in [6.07, 6.45) is 1.62. The van der Waals surface area contributed by atoms with Crippen LogP contribution in [0.4, 0.5) is 5.69 Å². The lowest BCUT2D eigenvalue weighted by atomic mass is 10.1. The monoisotopic (exact) mass is 420 g/mol. The first-order chi connectivity index (χ1) is 14.9. The van der Waals surface area contributed by atoms with Crippen molar-refractivity contribution in [2.75, 3.05) is 18.6 Å². The number of carbonyl (C=O) groups excluding carboxylic acids is 3. The topological polar surface area (TPSA) is 88.9 Å². The van der Waals surface area contributed by atoms with E-state index in [1.54, 1.807) is 36.4 Å². The number of aryl methyl sites for hydroxylation is 1. The van der Waals surface area contributed by atoms with E-state index in [2.05, 4.69) is 5.32 Å². The van der Waals surface area contributed by atoms with Gasteiger partial charge in [-0.1, -0.05) is 42.0 Å². The molecule has 1 heterocycles. The Labute approximate surface area is 180 Å². The number of para-hydroxylation sites is 1. The summed E-state index contributed by atoms with van der Waals surface area (Å²) >= 11 is 0. The molecule has 7 heteroatoms. The molecule has 1 N–H and O–H groups in total. The van der Waals surface area contributed by atoms with Crippen molar-refractivity contribution in [1.82, 2.24) is 5.32 Å². The first-order valence-corrected chi connectivity index (χ1v) is 9.81. The number of hydrogen-bond donors (Lipinski definition) is 1. The number of carbonyl (C=O) groups is 3. The molecule has 0 radical (unpaired) electrons. The van der Waals surface area contributed by atoms with E-state index in [9.17, 15) is 14.4 Å². The lowest BCUT2D eigenvalue weighted by Crippen LogP contribution is -2.33. The summed E-state index contributed by atoms with van der Waals surface area (Å²) in [6, 6.07) is 17.7. The quantitative estimate of drug-likeness (QED) is 0.565. The molecule has 7 nitrogen and oxygen atoms in total. The molecule has 0 spiro atoms. The third kappa shape index (κ3) is 6.05. The second kappa shape index (κ2) is 10.2. The lowest BCUT2D eigenvalue weighted by molar-refractivity contribution is -0.147. The Balaban J connectivity index is 1.57. The van der Waals surface area contributed by atoms with Crippen LogP contribution >= 0.6 is 0 Å². The van der Waals surface area contributed by atoms with Crippen LogP contribution in [0.3, 0.4) is 0 Å². The second-order valence-corrected chi connectivity index (χ2v) is 7.06. The highest BCUT2D eigenvalue weighted by atomic mass is 16.5. The molecule has 2 amide bonds. The van der Waals surface area contributed by atoms with Crippen molar-refractivity contribution in [2.45, 2.75) is 19.9 Å². The molecular weight excluding hydrogens is 396 g/mol. The SMILES string of the molecule is Cc1ccc(CC(=O)OCC(=O)N(C)c2ccccc2C(=O)NCc2ccco2)cc1. The van der Waals surface area contributed by atoms with Crippen molar-refractivity contribution in [3.8, 4) is 0 Å². The maximum absolute atomic E-state index is 12.6. The molecular formula is C24H24N2O5. The number of likely N-dealkylation sites (N-methyl/N-ethyl adjacent to an activating group) is 1. The molecule has 0 atom stereocenters. The fourth-order valence-corrected chi connectivity index (χ4v) is 2.93. The van der Waals surface area contributed by atoms with Crippen molar-refractivity contribution in [1.29, 1.82) is 0 Å². The van der Waals surface area contributed by atoms with Crippen LogP contribution in [-0.2, 0) is 27.3 Å². The van der Waals surface area contributed by atoms with Gasteiger partial charge in [-0.2, -0.15) is 0 Å². The summed E-state index contributed by atoms with van der Waals surface area (Å²) in [6.45, 7) is 1.78. The van der Waals surface area contributed by atoms with E-state index in [0.717, 1.165) is 11.1 Å². The highest BCUT2D eigenvalue weighted by Gasteiger charge is 2.19. The number of benzene rings is 2. The van der Waals surface area contributed by atoms with E-state index in [0.29, 0.717) is 17.0 Å². The molecule has 3 rings (SSSR count). The van der Waals surface area contributed by atoms with Gasteiger partial charge in [0.25, 0.3) is 11.8 Å². The Bertz CT molecular complexity index is 1040. The maximum Gasteiger partial charge on any atom is 0.310 e. The molecule has 31 heavy (non-hydrogen) atoms. The van der Waals surface area contributed by atoms with Gasteiger partial charge >= 0.3 is 5.97 Å². The van der Waals surface area contributed by atoms with Gasteiger partial charge in [0.15, 0.2) is 6.61 Å². The minimum absolute atomic E-state index is 0.0864. The number of nitrogens with one attached hydrogen (secondary N) is 1. The van der Waals surface area contributed by atoms with Crippen LogP contribution in [0.15, 0.2) is 71.3 Å². The summed E-state index contributed by atoms with van der Waals surface area (Å²) in [5, 5.41) is 2.76. The Morgan fingerprint density at radius 1 is 1.00 bits per heavy atom. The summed E-state index contributed by atoms with van der Waals surface area (Å²) in [5.41, 5.74) is 2.66. The standard InChI is InChI=1S/C24H24N2O5/c1-17-9-11-18(12-10-17)14-23(28)31-16-22(27)26(2)21-8-4-3-7-20(21)24(29)25-15-19-6-5-13-30-19/h3-13H,14-16H2,1-2H3,(H,25,29). The summed E-state index contributed by atoms with van der Waals surface area (Å²) < 4.78 is 10.3. The van der Waals surface area contributed by atoms with E-state index >= 15 is 0 Å². The van der Waals surface area contributed by atoms with Crippen molar-refractivity contribution in [2.24, 2.45) is 0 Å². The zero-order valence-electron chi connectivity index (χ0n) is 17.5. The number of nitrogens with zero attached hydrogens (tertiary/aromatic N) is 1. The molecule has 0 saturated heterocycles. The van der Waals surface area contributed by atoms with Crippen molar-refractivity contribution >= 4 is 23.5 Å². The second-order valence-electron chi connectivity index (χ2n) is 7.06. The van der Waals surface area contributed by atoms with Crippen LogP contribution in [-0.4, -0.2) is 31.4 Å². The Morgan fingerprint density at radius 3 is 2.45 bits per heavy atom. The number of esters is 1. The van der Waals surface area contributed by atoms with Gasteiger partial charge in [-0.15, -0.1) is 0 Å². The van der Waals surface area contributed by atoms with Gasteiger partial charge in [-0.3, -0.25) is 14.4 Å². The molecule has 160 valence electrons. The number of ether oxygens (including phenoxy) is 1. The van der Waals surface area contributed by atoms with Crippen LogP contribution in [0.1, 0.15) is 27.2 Å². The minimum atomic E-state index is -0.491. The highest BCUT2D eigenvalue weighted by Crippen LogP contribution is 2.19. The first kappa shape index (κ1) is 21.8. The van der Waals surface area contributed by atoms with Gasteiger partial charge in [0.2, 0.25) is 0 Å². The van der Waals surface area contributed by atoms with Gasteiger partial charge in [0, 0.05) is 7.05 Å². The van der Waals surface area contributed by atoms with Crippen LogP contribution in [0, 0.1) is 6.92 Å². The van der Waals surface area contributed by atoms with Crippen molar-refractivity contribution in [3.05, 3.63) is 89.4 Å². The van der Waals surface area contributed by atoms with Crippen LogP contribution in [0.25, 0.3) is 0 Å². The lowest BCUT2D eigenvalue weighted by Gasteiger charge is -2.20. The van der Waals surface area contributed by atoms with E-state index in [1.807, 2.05) is 31.2 Å². The van der Waals surface area contributed by atoms with E-state index < -0.39 is 18.5 Å². The number of anilines is 1. The predicted molar refractivity (Wildman–Crippen MR) is 116 cm³/mol.